The molecule has 0 unspecified atom stereocenters. The lowest BCUT2D eigenvalue weighted by molar-refractivity contribution is -0.114. The predicted octanol–water partition coefficient (Wildman–Crippen LogP) is 4.56. The Morgan fingerprint density at radius 2 is 2.00 bits per heavy atom. The zero-order valence-electron chi connectivity index (χ0n) is 12.4. The SMILES string of the molecule is c1csc(C2=NN3[C@H](C2)c2ccccc2OC32CCCC2)c1. The molecule has 1 spiro atoms. The highest BCUT2D eigenvalue weighted by atomic mass is 32.1. The Morgan fingerprint density at radius 3 is 2.82 bits per heavy atom. The van der Waals surface area contributed by atoms with Crippen molar-refractivity contribution in [2.75, 3.05) is 0 Å². The average Bonchev–Trinajstić information content (AvgIpc) is 3.28. The highest BCUT2D eigenvalue weighted by Crippen LogP contribution is 2.51. The van der Waals surface area contributed by atoms with Crippen molar-refractivity contribution < 1.29 is 4.74 Å². The topological polar surface area (TPSA) is 24.8 Å². The summed E-state index contributed by atoms with van der Waals surface area (Å²) in [5.74, 6) is 1.06. The van der Waals surface area contributed by atoms with Gasteiger partial charge in [-0.05, 0) is 30.4 Å². The minimum atomic E-state index is -0.210. The van der Waals surface area contributed by atoms with E-state index in [1.807, 2.05) is 0 Å². The minimum absolute atomic E-state index is 0.210. The number of hydrazone groups is 1. The lowest BCUT2D eigenvalue weighted by atomic mass is 9.95. The second-order valence-corrected chi connectivity index (χ2v) is 7.33. The van der Waals surface area contributed by atoms with E-state index in [-0.39, 0.29) is 5.72 Å². The molecule has 1 fully saturated rings. The lowest BCUT2D eigenvalue weighted by Gasteiger charge is -2.45. The number of nitrogens with zero attached hydrogens (tertiary/aromatic N) is 2. The number of hydrogen-bond acceptors (Lipinski definition) is 4. The van der Waals surface area contributed by atoms with E-state index in [9.17, 15) is 0 Å². The van der Waals surface area contributed by atoms with E-state index in [1.54, 1.807) is 11.3 Å². The van der Waals surface area contributed by atoms with E-state index in [0.29, 0.717) is 6.04 Å². The predicted molar refractivity (Wildman–Crippen MR) is 88.3 cm³/mol. The number of rotatable bonds is 1. The van der Waals surface area contributed by atoms with Gasteiger partial charge in [0.05, 0.1) is 16.6 Å². The molecule has 0 bridgehead atoms. The fraction of sp³-hybridized carbons (Fsp3) is 0.389. The van der Waals surface area contributed by atoms with Crippen LogP contribution in [0.3, 0.4) is 0 Å². The Labute approximate surface area is 134 Å². The van der Waals surface area contributed by atoms with Crippen LogP contribution in [0.4, 0.5) is 0 Å². The van der Waals surface area contributed by atoms with Crippen molar-refractivity contribution >= 4 is 17.0 Å². The molecule has 1 saturated carbocycles. The van der Waals surface area contributed by atoms with E-state index in [4.69, 9.17) is 9.84 Å². The molecule has 3 nitrogen and oxygen atoms in total. The number of hydrogen-bond donors (Lipinski definition) is 0. The molecule has 2 aromatic rings. The van der Waals surface area contributed by atoms with Crippen LogP contribution in [0.2, 0.25) is 0 Å². The first kappa shape index (κ1) is 12.7. The number of fused-ring (bicyclic) bond motifs is 4. The lowest BCUT2D eigenvalue weighted by Crippen LogP contribution is -2.51. The van der Waals surface area contributed by atoms with Crippen molar-refractivity contribution in [3.8, 4) is 5.75 Å². The molecule has 1 aliphatic carbocycles. The van der Waals surface area contributed by atoms with Crippen LogP contribution in [0.15, 0.2) is 46.9 Å². The highest BCUT2D eigenvalue weighted by molar-refractivity contribution is 7.12. The van der Waals surface area contributed by atoms with E-state index in [1.165, 1.54) is 29.0 Å². The molecule has 1 aromatic carbocycles. The quantitative estimate of drug-likeness (QED) is 0.771. The maximum Gasteiger partial charge on any atom is 0.198 e. The molecular formula is C18H18N2OS. The third kappa shape index (κ3) is 1.70. The van der Waals surface area contributed by atoms with Gasteiger partial charge in [-0.25, -0.2) is 5.01 Å². The van der Waals surface area contributed by atoms with Gasteiger partial charge < -0.3 is 4.74 Å². The molecular weight excluding hydrogens is 292 g/mol. The summed E-state index contributed by atoms with van der Waals surface area (Å²) in [4.78, 5) is 1.29. The van der Waals surface area contributed by atoms with Crippen molar-refractivity contribution in [1.82, 2.24) is 5.01 Å². The number of benzene rings is 1. The summed E-state index contributed by atoms with van der Waals surface area (Å²) in [6, 6.07) is 13.1. The fourth-order valence-electron chi connectivity index (χ4n) is 4.08. The van der Waals surface area contributed by atoms with Crippen LogP contribution in [-0.4, -0.2) is 16.4 Å². The molecule has 1 aromatic heterocycles. The molecule has 2 aliphatic heterocycles. The molecule has 112 valence electrons. The van der Waals surface area contributed by atoms with E-state index >= 15 is 0 Å². The standard InChI is InChI=1S/C18H18N2OS/c1-2-7-16-13(6-1)15-12-14(17-8-5-11-22-17)19-20(15)18(21-16)9-3-4-10-18/h1-2,5-8,11,15H,3-4,9-10,12H2/t15-/m1/s1. The van der Waals surface area contributed by atoms with Gasteiger partial charge in [-0.3, -0.25) is 0 Å². The maximum atomic E-state index is 6.48. The summed E-state index contributed by atoms with van der Waals surface area (Å²) in [6.07, 6.45) is 5.62. The van der Waals surface area contributed by atoms with Gasteiger partial charge in [-0.1, -0.05) is 24.3 Å². The molecule has 0 saturated heterocycles. The van der Waals surface area contributed by atoms with Crippen molar-refractivity contribution in [3.05, 3.63) is 52.2 Å². The van der Waals surface area contributed by atoms with Gasteiger partial charge >= 0.3 is 0 Å². The van der Waals surface area contributed by atoms with Crippen LogP contribution in [0.1, 0.15) is 48.6 Å². The zero-order chi connectivity index (χ0) is 14.6. The Hall–Kier alpha value is -1.81. The smallest absolute Gasteiger partial charge is 0.198 e. The maximum absolute atomic E-state index is 6.48. The summed E-state index contributed by atoms with van der Waals surface area (Å²) in [5, 5.41) is 9.44. The van der Waals surface area contributed by atoms with Gasteiger partial charge in [0, 0.05) is 24.8 Å². The highest BCUT2D eigenvalue weighted by Gasteiger charge is 2.51. The van der Waals surface area contributed by atoms with Crippen molar-refractivity contribution in [1.29, 1.82) is 0 Å². The normalized spacial score (nSPS) is 24.8. The van der Waals surface area contributed by atoms with E-state index in [0.717, 1.165) is 25.0 Å². The monoisotopic (exact) mass is 310 g/mol. The van der Waals surface area contributed by atoms with E-state index < -0.39 is 0 Å². The first-order valence-corrected chi connectivity index (χ1v) is 8.92. The summed E-state index contributed by atoms with van der Waals surface area (Å²) in [5.41, 5.74) is 2.29. The van der Waals surface area contributed by atoms with Gasteiger partial charge in [0.15, 0.2) is 5.72 Å². The molecule has 22 heavy (non-hydrogen) atoms. The molecule has 3 aliphatic rings. The Balaban J connectivity index is 1.63. The number of ether oxygens (including phenoxy) is 1. The van der Waals surface area contributed by atoms with Gasteiger partial charge in [0.1, 0.15) is 5.75 Å². The van der Waals surface area contributed by atoms with Crippen LogP contribution < -0.4 is 4.74 Å². The molecule has 0 N–H and O–H groups in total. The third-order valence-electron chi connectivity index (χ3n) is 5.10. The summed E-state index contributed by atoms with van der Waals surface area (Å²) >= 11 is 1.78. The second-order valence-electron chi connectivity index (χ2n) is 6.38. The minimum Gasteiger partial charge on any atom is -0.466 e. The van der Waals surface area contributed by atoms with Gasteiger partial charge in [0.2, 0.25) is 0 Å². The Bertz CT molecular complexity index is 731. The molecule has 3 heterocycles. The molecule has 0 radical (unpaired) electrons. The van der Waals surface area contributed by atoms with Crippen LogP contribution in [0.5, 0.6) is 5.75 Å². The first-order valence-electron chi connectivity index (χ1n) is 8.04. The fourth-order valence-corrected chi connectivity index (χ4v) is 4.80. The summed E-state index contributed by atoms with van der Waals surface area (Å²) in [7, 11) is 0. The average molecular weight is 310 g/mol. The number of thiophene rings is 1. The number of para-hydroxylation sites is 1. The van der Waals surface area contributed by atoms with Crippen molar-refractivity contribution in [2.45, 2.75) is 43.9 Å². The van der Waals surface area contributed by atoms with Crippen LogP contribution in [0.25, 0.3) is 0 Å². The Morgan fingerprint density at radius 1 is 1.14 bits per heavy atom. The first-order chi connectivity index (χ1) is 10.9. The third-order valence-corrected chi connectivity index (χ3v) is 6.02. The molecule has 4 heteroatoms. The van der Waals surface area contributed by atoms with Gasteiger partial charge in [-0.15, -0.1) is 11.3 Å². The van der Waals surface area contributed by atoms with Gasteiger partial charge in [-0.2, -0.15) is 5.10 Å². The molecule has 5 rings (SSSR count). The van der Waals surface area contributed by atoms with Crippen molar-refractivity contribution in [2.24, 2.45) is 5.10 Å². The van der Waals surface area contributed by atoms with E-state index in [2.05, 4.69) is 46.8 Å². The summed E-state index contributed by atoms with van der Waals surface area (Å²) in [6.45, 7) is 0. The molecule has 0 amide bonds. The van der Waals surface area contributed by atoms with Gasteiger partial charge in [0.25, 0.3) is 0 Å². The van der Waals surface area contributed by atoms with Crippen molar-refractivity contribution in [3.63, 3.8) is 0 Å². The largest absolute Gasteiger partial charge is 0.466 e. The van der Waals surface area contributed by atoms with Crippen LogP contribution >= 0.6 is 11.3 Å². The Kier molecular flexibility index (Phi) is 2.65. The van der Waals surface area contributed by atoms with Crippen LogP contribution in [0, 0.1) is 0 Å². The summed E-state index contributed by atoms with van der Waals surface area (Å²) < 4.78 is 6.48. The van der Waals surface area contributed by atoms with Crippen LogP contribution in [-0.2, 0) is 0 Å². The zero-order valence-corrected chi connectivity index (χ0v) is 13.2. The molecule has 1 atom stereocenters. The second kappa shape index (κ2) is 4.59.